The highest BCUT2D eigenvalue weighted by Gasteiger charge is 2.24. The summed E-state index contributed by atoms with van der Waals surface area (Å²) in [4.78, 5) is 25.2. The number of ketones is 1. The minimum atomic E-state index is -3.45. The summed E-state index contributed by atoms with van der Waals surface area (Å²) in [7, 11) is -1.91. The van der Waals surface area contributed by atoms with Crippen molar-refractivity contribution in [3.05, 3.63) is 44.9 Å². The third-order valence-electron chi connectivity index (χ3n) is 4.08. The van der Waals surface area contributed by atoms with Crippen LogP contribution in [0, 0.1) is 13.8 Å². The molecule has 25 heavy (non-hydrogen) atoms. The first-order valence-corrected chi connectivity index (χ1v) is 9.86. The fourth-order valence-corrected chi connectivity index (χ4v) is 3.71. The van der Waals surface area contributed by atoms with Crippen molar-refractivity contribution in [3.63, 3.8) is 0 Å². The molecule has 0 radical (unpaired) electrons. The van der Waals surface area contributed by atoms with Crippen molar-refractivity contribution in [3.8, 4) is 0 Å². The van der Waals surface area contributed by atoms with Gasteiger partial charge in [0, 0.05) is 31.1 Å². The highest BCUT2D eigenvalue weighted by molar-refractivity contribution is 7.90. The van der Waals surface area contributed by atoms with Gasteiger partial charge in [-0.25, -0.2) is 8.42 Å². The van der Waals surface area contributed by atoms with Gasteiger partial charge in [0.15, 0.2) is 9.84 Å². The first-order chi connectivity index (χ1) is 11.6. The monoisotopic (exact) mass is 365 g/mol. The molecule has 1 heterocycles. The maximum absolute atomic E-state index is 12.9. The van der Waals surface area contributed by atoms with Crippen LogP contribution in [0.2, 0.25) is 0 Å². The third kappa shape index (κ3) is 3.53. The van der Waals surface area contributed by atoms with E-state index in [1.165, 1.54) is 16.8 Å². The number of hydrogen-bond donors (Lipinski definition) is 2. The molecule has 0 unspecified atom stereocenters. The summed E-state index contributed by atoms with van der Waals surface area (Å²) in [5.74, 6) is -0.420. The zero-order valence-electron chi connectivity index (χ0n) is 15.1. The van der Waals surface area contributed by atoms with Crippen molar-refractivity contribution in [1.82, 2.24) is 9.78 Å². The molecule has 1 aromatic carbocycles. The van der Waals surface area contributed by atoms with Crippen LogP contribution in [-0.2, 0) is 16.9 Å². The zero-order valence-corrected chi connectivity index (χ0v) is 15.9. The van der Waals surface area contributed by atoms with Crippen LogP contribution in [0.4, 0.5) is 5.69 Å². The quantitative estimate of drug-likeness (QED) is 0.760. The zero-order chi connectivity index (χ0) is 18.9. The third-order valence-corrected chi connectivity index (χ3v) is 5.22. The van der Waals surface area contributed by atoms with Gasteiger partial charge < -0.3 is 5.32 Å². The lowest BCUT2D eigenvalue weighted by Gasteiger charge is -2.16. The standard InChI is InChI=1S/C17H23N3O4S/c1-6-9-18-15-10(2)12(7-8-13(15)25(5,23)24)16(21)14-11(3)19-20(4)17(14)22/h7-8,18-19H,6,9H2,1-5H3. The predicted octanol–water partition coefficient (Wildman–Crippen LogP) is 1.79. The Labute approximate surface area is 147 Å². The Balaban J connectivity index is 2.67. The normalized spacial score (nSPS) is 11.6. The predicted molar refractivity (Wildman–Crippen MR) is 97.3 cm³/mol. The van der Waals surface area contributed by atoms with Gasteiger partial charge >= 0.3 is 0 Å². The van der Waals surface area contributed by atoms with E-state index in [0.717, 1.165) is 12.7 Å². The van der Waals surface area contributed by atoms with E-state index in [1.807, 2.05) is 6.92 Å². The molecule has 1 aromatic heterocycles. The molecule has 2 rings (SSSR count). The van der Waals surface area contributed by atoms with Gasteiger partial charge in [0.25, 0.3) is 5.56 Å². The van der Waals surface area contributed by atoms with Gasteiger partial charge in [-0.15, -0.1) is 0 Å². The number of nitrogens with zero attached hydrogens (tertiary/aromatic N) is 1. The number of aromatic nitrogens is 2. The van der Waals surface area contributed by atoms with Crippen LogP contribution in [0.1, 0.15) is 40.5 Å². The van der Waals surface area contributed by atoms with Crippen molar-refractivity contribution in [2.75, 3.05) is 18.1 Å². The molecule has 0 aliphatic heterocycles. The van der Waals surface area contributed by atoms with Crippen LogP contribution in [0.5, 0.6) is 0 Å². The van der Waals surface area contributed by atoms with E-state index in [4.69, 9.17) is 0 Å². The highest BCUT2D eigenvalue weighted by atomic mass is 32.2. The lowest BCUT2D eigenvalue weighted by Crippen LogP contribution is -2.21. The molecule has 2 aromatic rings. The number of nitrogens with one attached hydrogen (secondary N) is 2. The number of anilines is 1. The van der Waals surface area contributed by atoms with Gasteiger partial charge in [-0.05, 0) is 38.0 Å². The molecule has 0 aliphatic rings. The Hall–Kier alpha value is -2.35. The average molecular weight is 365 g/mol. The first-order valence-electron chi connectivity index (χ1n) is 7.97. The molecule has 0 aliphatic carbocycles. The maximum Gasteiger partial charge on any atom is 0.277 e. The Kier molecular flexibility index (Phi) is 5.22. The molecule has 8 heteroatoms. The van der Waals surface area contributed by atoms with Crippen molar-refractivity contribution < 1.29 is 13.2 Å². The van der Waals surface area contributed by atoms with Crippen molar-refractivity contribution in [1.29, 1.82) is 0 Å². The lowest BCUT2D eigenvalue weighted by atomic mass is 9.98. The molecule has 0 saturated heterocycles. The molecule has 0 saturated carbocycles. The number of rotatable bonds is 6. The second kappa shape index (κ2) is 6.87. The van der Waals surface area contributed by atoms with Gasteiger partial charge in [-0.2, -0.15) is 0 Å². The minimum absolute atomic E-state index is 0.0687. The number of hydrogen-bond acceptors (Lipinski definition) is 5. The van der Waals surface area contributed by atoms with Gasteiger partial charge in [0.2, 0.25) is 5.78 Å². The van der Waals surface area contributed by atoms with Crippen LogP contribution in [0.15, 0.2) is 21.8 Å². The number of aromatic amines is 1. The Morgan fingerprint density at radius 1 is 1.28 bits per heavy atom. The van der Waals surface area contributed by atoms with Crippen LogP contribution in [0.25, 0.3) is 0 Å². The molecule has 0 atom stereocenters. The van der Waals surface area contributed by atoms with E-state index in [0.29, 0.717) is 29.1 Å². The summed E-state index contributed by atoms with van der Waals surface area (Å²) in [6.45, 7) is 5.88. The molecule has 0 amide bonds. The van der Waals surface area contributed by atoms with Crippen LogP contribution >= 0.6 is 0 Å². The first kappa shape index (κ1) is 19.0. The van der Waals surface area contributed by atoms with E-state index in [1.54, 1.807) is 20.9 Å². The number of carbonyl (C=O) groups is 1. The van der Waals surface area contributed by atoms with Crippen molar-refractivity contribution >= 4 is 21.3 Å². The molecule has 0 bridgehead atoms. The Morgan fingerprint density at radius 2 is 1.92 bits per heavy atom. The molecule has 0 spiro atoms. The number of sulfone groups is 1. The largest absolute Gasteiger partial charge is 0.384 e. The molecule has 7 nitrogen and oxygen atoms in total. The van der Waals surface area contributed by atoms with Crippen LogP contribution in [0.3, 0.4) is 0 Å². The van der Waals surface area contributed by atoms with Gasteiger partial charge in [0.1, 0.15) is 5.56 Å². The molecule has 0 fully saturated rings. The molecule has 2 N–H and O–H groups in total. The summed E-state index contributed by atoms with van der Waals surface area (Å²) in [5, 5.41) is 5.90. The summed E-state index contributed by atoms with van der Waals surface area (Å²) in [5.41, 5.74) is 1.39. The number of benzene rings is 1. The van der Waals surface area contributed by atoms with Crippen molar-refractivity contribution in [2.24, 2.45) is 7.05 Å². The summed E-state index contributed by atoms with van der Waals surface area (Å²) < 4.78 is 25.3. The number of H-pyrrole nitrogens is 1. The highest BCUT2D eigenvalue weighted by Crippen LogP contribution is 2.29. The number of aryl methyl sites for hydroxylation is 2. The van der Waals surface area contributed by atoms with E-state index in [-0.39, 0.29) is 10.5 Å². The van der Waals surface area contributed by atoms with E-state index in [2.05, 4.69) is 10.4 Å². The van der Waals surface area contributed by atoms with Gasteiger partial charge in [-0.3, -0.25) is 19.4 Å². The van der Waals surface area contributed by atoms with Crippen molar-refractivity contribution in [2.45, 2.75) is 32.1 Å². The SMILES string of the molecule is CCCNc1c(S(C)(=O)=O)ccc(C(=O)c2c(C)[nH]n(C)c2=O)c1C. The van der Waals surface area contributed by atoms with Gasteiger partial charge in [0.05, 0.1) is 10.6 Å². The Morgan fingerprint density at radius 3 is 2.40 bits per heavy atom. The fraction of sp³-hybridized carbons (Fsp3) is 0.412. The lowest BCUT2D eigenvalue weighted by molar-refractivity contribution is 0.103. The summed E-state index contributed by atoms with van der Waals surface area (Å²) in [6, 6.07) is 2.89. The van der Waals surface area contributed by atoms with Gasteiger partial charge in [-0.1, -0.05) is 6.92 Å². The Bertz CT molecular complexity index is 984. The smallest absolute Gasteiger partial charge is 0.277 e. The second-order valence-electron chi connectivity index (χ2n) is 6.12. The molecule has 136 valence electrons. The topological polar surface area (TPSA) is 101 Å². The maximum atomic E-state index is 12.9. The van der Waals surface area contributed by atoms with E-state index in [9.17, 15) is 18.0 Å². The van der Waals surface area contributed by atoms with E-state index >= 15 is 0 Å². The second-order valence-corrected chi connectivity index (χ2v) is 8.10. The average Bonchev–Trinajstić information content (AvgIpc) is 2.77. The van der Waals surface area contributed by atoms with Crippen LogP contribution in [-0.4, -0.2) is 36.8 Å². The van der Waals surface area contributed by atoms with E-state index < -0.39 is 21.2 Å². The molecular formula is C17H23N3O4S. The molecular weight excluding hydrogens is 342 g/mol. The van der Waals surface area contributed by atoms with Crippen LogP contribution < -0.4 is 10.9 Å². The summed E-state index contributed by atoms with van der Waals surface area (Å²) in [6.07, 6.45) is 1.94. The minimum Gasteiger partial charge on any atom is -0.384 e. The number of carbonyl (C=O) groups excluding carboxylic acids is 1. The fourth-order valence-electron chi connectivity index (χ4n) is 2.80. The summed E-state index contributed by atoms with van der Waals surface area (Å²) >= 11 is 0.